The van der Waals surface area contributed by atoms with Crippen molar-refractivity contribution in [3.05, 3.63) is 12.2 Å². The molecule has 4 aliphatic rings. The molecule has 5 nitrogen and oxygen atoms in total. The van der Waals surface area contributed by atoms with Gasteiger partial charge in [-0.05, 0) is 12.8 Å². The van der Waals surface area contributed by atoms with E-state index in [4.69, 9.17) is 9.47 Å². The van der Waals surface area contributed by atoms with Crippen molar-refractivity contribution in [2.45, 2.75) is 25.0 Å². The highest BCUT2D eigenvalue weighted by atomic mass is 16.8. The second kappa shape index (κ2) is 2.98. The van der Waals surface area contributed by atoms with E-state index in [9.17, 15) is 9.59 Å². The first-order valence-electron chi connectivity index (χ1n) is 5.01. The van der Waals surface area contributed by atoms with E-state index < -0.39 is 12.3 Å². The minimum Gasteiger partial charge on any atom is -0.426 e. The first kappa shape index (κ1) is 8.76. The van der Waals surface area contributed by atoms with Crippen molar-refractivity contribution in [3.63, 3.8) is 0 Å². The Hall–Kier alpha value is -1.52. The maximum absolute atomic E-state index is 11.1. The second-order valence-electron chi connectivity index (χ2n) is 4.06. The molecule has 1 saturated heterocycles. The van der Waals surface area contributed by atoms with Gasteiger partial charge in [0.1, 0.15) is 12.2 Å². The standard InChI is InChI=1S/C10H10O5/c11-9-13-7-5-1-2-6(4-3-5)8(7)14-10(12)15-9/h1-2,5-8H,3-4H2. The van der Waals surface area contributed by atoms with Gasteiger partial charge in [-0.2, -0.15) is 0 Å². The molecule has 0 amide bonds. The van der Waals surface area contributed by atoms with Gasteiger partial charge in [0.15, 0.2) is 0 Å². The molecule has 0 radical (unpaired) electrons. The summed E-state index contributed by atoms with van der Waals surface area (Å²) in [6, 6.07) is 0. The van der Waals surface area contributed by atoms with Crippen molar-refractivity contribution in [1.82, 2.24) is 0 Å². The van der Waals surface area contributed by atoms with Crippen molar-refractivity contribution in [3.8, 4) is 0 Å². The number of fused-ring (bicyclic) bond motifs is 1. The first-order valence-corrected chi connectivity index (χ1v) is 5.01. The molecule has 4 rings (SSSR count). The summed E-state index contributed by atoms with van der Waals surface area (Å²) in [5, 5.41) is 0. The van der Waals surface area contributed by atoms with Gasteiger partial charge in [0, 0.05) is 11.8 Å². The molecule has 4 unspecified atom stereocenters. The average Bonchev–Trinajstić information content (AvgIpc) is 2.37. The molecule has 0 aromatic rings. The van der Waals surface area contributed by atoms with Gasteiger partial charge in [0.2, 0.25) is 0 Å². The third-order valence-corrected chi connectivity index (χ3v) is 3.24. The Morgan fingerprint density at radius 3 is 1.80 bits per heavy atom. The van der Waals surface area contributed by atoms with Crippen LogP contribution >= 0.6 is 0 Å². The number of carbonyl (C=O) groups is 2. The van der Waals surface area contributed by atoms with Crippen LogP contribution < -0.4 is 0 Å². The molecule has 0 aromatic heterocycles. The monoisotopic (exact) mass is 210 g/mol. The van der Waals surface area contributed by atoms with E-state index in [2.05, 4.69) is 4.74 Å². The molecule has 80 valence electrons. The summed E-state index contributed by atoms with van der Waals surface area (Å²) in [4.78, 5) is 22.1. The van der Waals surface area contributed by atoms with Crippen molar-refractivity contribution in [2.24, 2.45) is 11.8 Å². The molecule has 3 aliphatic carbocycles. The highest BCUT2D eigenvalue weighted by Crippen LogP contribution is 2.40. The van der Waals surface area contributed by atoms with Gasteiger partial charge in [0.25, 0.3) is 0 Å². The van der Waals surface area contributed by atoms with Gasteiger partial charge in [0.05, 0.1) is 0 Å². The van der Waals surface area contributed by atoms with E-state index in [1.165, 1.54) is 0 Å². The van der Waals surface area contributed by atoms with Crippen LogP contribution in [0.3, 0.4) is 0 Å². The summed E-state index contributed by atoms with van der Waals surface area (Å²) in [5.74, 6) is 0.303. The molecule has 1 aliphatic heterocycles. The topological polar surface area (TPSA) is 61.8 Å². The molecule has 2 fully saturated rings. The van der Waals surface area contributed by atoms with Crippen LogP contribution in [0, 0.1) is 11.8 Å². The lowest BCUT2D eigenvalue weighted by Gasteiger charge is -2.40. The van der Waals surface area contributed by atoms with Crippen LogP contribution in [-0.2, 0) is 14.2 Å². The lowest BCUT2D eigenvalue weighted by atomic mass is 9.72. The number of hydrogen-bond acceptors (Lipinski definition) is 5. The van der Waals surface area contributed by atoms with Crippen LogP contribution in [0.25, 0.3) is 0 Å². The maximum atomic E-state index is 11.1. The van der Waals surface area contributed by atoms with Gasteiger partial charge in [-0.1, -0.05) is 12.2 Å². The van der Waals surface area contributed by atoms with E-state index in [-0.39, 0.29) is 24.0 Å². The van der Waals surface area contributed by atoms with Gasteiger partial charge in [-0.3, -0.25) is 0 Å². The van der Waals surface area contributed by atoms with E-state index >= 15 is 0 Å². The summed E-state index contributed by atoms with van der Waals surface area (Å²) in [6.45, 7) is 0. The van der Waals surface area contributed by atoms with Crippen molar-refractivity contribution >= 4 is 12.3 Å². The predicted molar refractivity (Wildman–Crippen MR) is 47.0 cm³/mol. The SMILES string of the molecule is O=C1OC(=O)OC2C3C=CC(CC3)C2O1. The smallest absolute Gasteiger partial charge is 0.426 e. The Kier molecular flexibility index (Phi) is 1.74. The van der Waals surface area contributed by atoms with Gasteiger partial charge < -0.3 is 14.2 Å². The summed E-state index contributed by atoms with van der Waals surface area (Å²) < 4.78 is 14.4. The predicted octanol–water partition coefficient (Wildman–Crippen LogP) is 1.62. The highest BCUT2D eigenvalue weighted by molar-refractivity contribution is 5.78. The molecular formula is C10H10O5. The van der Waals surface area contributed by atoms with E-state index in [0.717, 1.165) is 12.8 Å². The van der Waals surface area contributed by atoms with Crippen molar-refractivity contribution in [2.75, 3.05) is 0 Å². The Morgan fingerprint density at radius 2 is 1.40 bits per heavy atom. The van der Waals surface area contributed by atoms with Gasteiger partial charge in [-0.25, -0.2) is 9.59 Å². The zero-order valence-corrected chi connectivity index (χ0v) is 7.92. The summed E-state index contributed by atoms with van der Waals surface area (Å²) in [6.07, 6.45) is 3.35. The molecule has 5 heteroatoms. The Balaban J connectivity index is 1.93. The Morgan fingerprint density at radius 1 is 0.933 bits per heavy atom. The minimum atomic E-state index is -0.951. The molecular weight excluding hydrogens is 200 g/mol. The van der Waals surface area contributed by atoms with E-state index in [1.807, 2.05) is 12.2 Å². The quantitative estimate of drug-likeness (QED) is 0.345. The zero-order valence-electron chi connectivity index (χ0n) is 7.92. The van der Waals surface area contributed by atoms with Crippen molar-refractivity contribution in [1.29, 1.82) is 0 Å². The molecule has 2 bridgehead atoms. The molecule has 1 saturated carbocycles. The van der Waals surface area contributed by atoms with Crippen LogP contribution in [0.15, 0.2) is 12.2 Å². The number of ether oxygens (including phenoxy) is 3. The number of cyclic esters (lactones) is 2. The minimum absolute atomic E-state index is 0.151. The van der Waals surface area contributed by atoms with E-state index in [0.29, 0.717) is 0 Å². The number of hydrogen-bond donors (Lipinski definition) is 0. The Labute approximate surface area is 86.0 Å². The van der Waals surface area contributed by atoms with Gasteiger partial charge >= 0.3 is 12.3 Å². The summed E-state index contributed by atoms with van der Waals surface area (Å²) in [5.41, 5.74) is 0. The molecule has 15 heavy (non-hydrogen) atoms. The molecule has 0 N–H and O–H groups in total. The van der Waals surface area contributed by atoms with Gasteiger partial charge in [-0.15, -0.1) is 0 Å². The molecule has 4 atom stereocenters. The van der Waals surface area contributed by atoms with Crippen LogP contribution in [0.2, 0.25) is 0 Å². The number of carbonyl (C=O) groups excluding carboxylic acids is 2. The number of rotatable bonds is 0. The third kappa shape index (κ3) is 1.30. The fourth-order valence-corrected chi connectivity index (χ4v) is 2.54. The van der Waals surface area contributed by atoms with Crippen LogP contribution in [0.5, 0.6) is 0 Å². The van der Waals surface area contributed by atoms with Crippen molar-refractivity contribution < 1.29 is 23.8 Å². The van der Waals surface area contributed by atoms with Crippen LogP contribution in [-0.4, -0.2) is 24.5 Å². The average molecular weight is 210 g/mol. The summed E-state index contributed by atoms with van der Waals surface area (Å²) in [7, 11) is 0. The van der Waals surface area contributed by atoms with Crippen LogP contribution in [0.1, 0.15) is 12.8 Å². The lowest BCUT2D eigenvalue weighted by Crippen LogP contribution is -2.47. The highest BCUT2D eigenvalue weighted by Gasteiger charge is 2.48. The summed E-state index contributed by atoms with van der Waals surface area (Å²) >= 11 is 0. The fraction of sp³-hybridized carbons (Fsp3) is 0.600. The zero-order chi connectivity index (χ0) is 10.4. The fourth-order valence-electron chi connectivity index (χ4n) is 2.54. The second-order valence-corrected chi connectivity index (χ2v) is 4.06. The maximum Gasteiger partial charge on any atom is 0.519 e. The molecule has 0 aromatic carbocycles. The first-order chi connectivity index (χ1) is 7.24. The largest absolute Gasteiger partial charge is 0.519 e. The normalized spacial score (nSPS) is 42.4. The Bertz CT molecular complexity index is 316. The molecule has 0 spiro atoms. The van der Waals surface area contributed by atoms with Crippen LogP contribution in [0.4, 0.5) is 9.59 Å². The van der Waals surface area contributed by atoms with E-state index in [1.54, 1.807) is 0 Å². The molecule has 1 heterocycles. The third-order valence-electron chi connectivity index (χ3n) is 3.24. The lowest BCUT2D eigenvalue weighted by molar-refractivity contribution is -0.0573.